The Labute approximate surface area is 138 Å². The van der Waals surface area contributed by atoms with E-state index in [9.17, 15) is 13.6 Å². The fraction of sp³-hybridized carbons (Fsp3) is 0.235. The summed E-state index contributed by atoms with van der Waals surface area (Å²) < 4.78 is 39.3. The molecule has 0 saturated heterocycles. The maximum atomic E-state index is 12.3. The molecular weight excluding hydrogens is 320 g/mol. The number of carbonyl (C=O) groups excluding carboxylic acids is 1. The summed E-state index contributed by atoms with van der Waals surface area (Å²) in [5, 5.41) is 2.67. The van der Waals surface area contributed by atoms with Gasteiger partial charge in [0.1, 0.15) is 12.4 Å². The second-order valence-electron chi connectivity index (χ2n) is 4.66. The molecule has 0 radical (unpaired) electrons. The first kappa shape index (κ1) is 17.5. The molecule has 0 aromatic heterocycles. The number of hydrogen-bond acceptors (Lipinski definition) is 4. The third-order valence-electron chi connectivity index (χ3n) is 3.04. The molecular formula is C17H17F2NO4. The average Bonchev–Trinajstić information content (AvgIpc) is 2.59. The van der Waals surface area contributed by atoms with Crippen molar-refractivity contribution in [3.63, 3.8) is 0 Å². The molecule has 0 spiro atoms. The minimum absolute atomic E-state index is 0.0588. The number of para-hydroxylation sites is 1. The minimum atomic E-state index is -2.96. The summed E-state index contributed by atoms with van der Waals surface area (Å²) in [6.07, 6.45) is 0. The van der Waals surface area contributed by atoms with E-state index in [1.165, 1.54) is 25.3 Å². The summed E-state index contributed by atoms with van der Waals surface area (Å²) in [6.45, 7) is -2.36. The Hall–Kier alpha value is -2.83. The van der Waals surface area contributed by atoms with Gasteiger partial charge in [-0.25, -0.2) is 0 Å². The Morgan fingerprint density at radius 1 is 1.12 bits per heavy atom. The first-order valence-electron chi connectivity index (χ1n) is 7.19. The quantitative estimate of drug-likeness (QED) is 0.752. The van der Waals surface area contributed by atoms with Crippen LogP contribution >= 0.6 is 0 Å². The van der Waals surface area contributed by atoms with Gasteiger partial charge < -0.3 is 19.5 Å². The molecule has 0 heterocycles. The lowest BCUT2D eigenvalue weighted by atomic mass is 10.2. The number of amides is 1. The van der Waals surface area contributed by atoms with E-state index in [2.05, 4.69) is 10.1 Å². The van der Waals surface area contributed by atoms with Gasteiger partial charge in [0.15, 0.2) is 11.5 Å². The lowest BCUT2D eigenvalue weighted by molar-refractivity contribution is -0.0512. The number of alkyl halides is 2. The molecule has 24 heavy (non-hydrogen) atoms. The molecule has 7 heteroatoms. The van der Waals surface area contributed by atoms with E-state index in [0.29, 0.717) is 18.9 Å². The smallest absolute Gasteiger partial charge is 0.387 e. The van der Waals surface area contributed by atoms with Crippen molar-refractivity contribution >= 4 is 5.91 Å². The fourth-order valence-corrected chi connectivity index (χ4v) is 1.95. The molecule has 0 aliphatic carbocycles. The first-order valence-corrected chi connectivity index (χ1v) is 7.19. The number of halogens is 2. The standard InChI is InChI=1S/C17H17F2NO4/c1-22-15-11-12(7-8-14(15)24-17(18)19)16(21)20-9-10-23-13-5-3-2-4-6-13/h2-8,11,17H,9-10H2,1H3,(H,20,21). The molecule has 2 aromatic rings. The third kappa shape index (κ3) is 5.12. The Morgan fingerprint density at radius 3 is 2.54 bits per heavy atom. The van der Waals surface area contributed by atoms with Gasteiger partial charge in [0.05, 0.1) is 13.7 Å². The van der Waals surface area contributed by atoms with E-state index in [0.717, 1.165) is 0 Å². The number of nitrogens with one attached hydrogen (secondary N) is 1. The van der Waals surface area contributed by atoms with E-state index >= 15 is 0 Å². The number of methoxy groups -OCH3 is 1. The fourth-order valence-electron chi connectivity index (χ4n) is 1.95. The molecule has 0 saturated carbocycles. The van der Waals surface area contributed by atoms with E-state index < -0.39 is 6.61 Å². The second kappa shape index (κ2) is 8.71. The molecule has 1 amide bonds. The lowest BCUT2D eigenvalue weighted by Crippen LogP contribution is -2.28. The summed E-state index contributed by atoms with van der Waals surface area (Å²) in [4.78, 5) is 12.0. The summed E-state index contributed by atoms with van der Waals surface area (Å²) in [5.41, 5.74) is 0.271. The Bertz CT molecular complexity index is 665. The predicted molar refractivity (Wildman–Crippen MR) is 83.9 cm³/mol. The van der Waals surface area contributed by atoms with Gasteiger partial charge in [-0.15, -0.1) is 0 Å². The van der Waals surface area contributed by atoms with E-state index in [1.807, 2.05) is 30.3 Å². The summed E-state index contributed by atoms with van der Waals surface area (Å²) in [7, 11) is 1.31. The molecule has 0 unspecified atom stereocenters. The van der Waals surface area contributed by atoms with Gasteiger partial charge in [0, 0.05) is 5.56 Å². The van der Waals surface area contributed by atoms with Crippen LogP contribution in [0, 0.1) is 0 Å². The molecule has 0 fully saturated rings. The van der Waals surface area contributed by atoms with Crippen molar-refractivity contribution in [1.82, 2.24) is 5.32 Å². The van der Waals surface area contributed by atoms with E-state index in [-0.39, 0.29) is 23.0 Å². The van der Waals surface area contributed by atoms with Crippen LogP contribution in [0.3, 0.4) is 0 Å². The number of carbonyl (C=O) groups is 1. The predicted octanol–water partition coefficient (Wildman–Crippen LogP) is 3.11. The Morgan fingerprint density at radius 2 is 1.88 bits per heavy atom. The maximum Gasteiger partial charge on any atom is 0.387 e. The second-order valence-corrected chi connectivity index (χ2v) is 4.66. The topological polar surface area (TPSA) is 56.8 Å². The minimum Gasteiger partial charge on any atom is -0.493 e. The molecule has 0 aliphatic heterocycles. The molecule has 0 atom stereocenters. The highest BCUT2D eigenvalue weighted by Gasteiger charge is 2.14. The van der Waals surface area contributed by atoms with Crippen molar-refractivity contribution in [2.45, 2.75) is 6.61 Å². The molecule has 1 N–H and O–H groups in total. The third-order valence-corrected chi connectivity index (χ3v) is 3.04. The Balaban J connectivity index is 1.87. The number of hydrogen-bond donors (Lipinski definition) is 1. The molecule has 0 aliphatic rings. The van der Waals surface area contributed by atoms with Crippen LogP contribution in [-0.4, -0.2) is 32.8 Å². The van der Waals surface area contributed by atoms with Gasteiger partial charge in [0.2, 0.25) is 0 Å². The number of benzene rings is 2. The largest absolute Gasteiger partial charge is 0.493 e. The van der Waals surface area contributed by atoms with Gasteiger partial charge in [-0.05, 0) is 30.3 Å². The summed E-state index contributed by atoms with van der Waals surface area (Å²) in [6, 6.07) is 13.2. The van der Waals surface area contributed by atoms with Gasteiger partial charge in [-0.3, -0.25) is 4.79 Å². The SMILES string of the molecule is COc1cc(C(=O)NCCOc2ccccc2)ccc1OC(F)F. The van der Waals surface area contributed by atoms with Crippen LogP contribution in [-0.2, 0) is 0 Å². The number of ether oxygens (including phenoxy) is 3. The normalized spacial score (nSPS) is 10.3. The van der Waals surface area contributed by atoms with E-state index in [4.69, 9.17) is 9.47 Å². The average molecular weight is 337 g/mol. The molecule has 0 bridgehead atoms. The molecule has 128 valence electrons. The zero-order valence-electron chi connectivity index (χ0n) is 13.0. The summed E-state index contributed by atoms with van der Waals surface area (Å²) >= 11 is 0. The van der Waals surface area contributed by atoms with Crippen LogP contribution in [0.4, 0.5) is 8.78 Å². The van der Waals surface area contributed by atoms with Crippen molar-refractivity contribution in [1.29, 1.82) is 0 Å². The monoisotopic (exact) mass is 337 g/mol. The van der Waals surface area contributed by atoms with Gasteiger partial charge in [-0.1, -0.05) is 18.2 Å². The highest BCUT2D eigenvalue weighted by molar-refractivity contribution is 5.94. The highest BCUT2D eigenvalue weighted by atomic mass is 19.3. The molecule has 2 rings (SSSR count). The number of rotatable bonds is 8. The van der Waals surface area contributed by atoms with Crippen molar-refractivity contribution < 1.29 is 27.8 Å². The summed E-state index contributed by atoms with van der Waals surface area (Å²) in [5.74, 6) is 0.274. The lowest BCUT2D eigenvalue weighted by Gasteiger charge is -2.12. The van der Waals surface area contributed by atoms with E-state index in [1.54, 1.807) is 0 Å². The maximum absolute atomic E-state index is 12.3. The van der Waals surface area contributed by atoms with Crippen LogP contribution in [0.25, 0.3) is 0 Å². The Kier molecular flexibility index (Phi) is 6.36. The van der Waals surface area contributed by atoms with Gasteiger partial charge >= 0.3 is 6.61 Å². The van der Waals surface area contributed by atoms with Crippen LogP contribution in [0.15, 0.2) is 48.5 Å². The highest BCUT2D eigenvalue weighted by Crippen LogP contribution is 2.29. The zero-order valence-corrected chi connectivity index (χ0v) is 13.0. The van der Waals surface area contributed by atoms with Crippen molar-refractivity contribution in [2.75, 3.05) is 20.3 Å². The van der Waals surface area contributed by atoms with Gasteiger partial charge in [-0.2, -0.15) is 8.78 Å². The first-order chi connectivity index (χ1) is 11.6. The zero-order chi connectivity index (χ0) is 17.4. The van der Waals surface area contributed by atoms with Gasteiger partial charge in [0.25, 0.3) is 5.91 Å². The molecule has 2 aromatic carbocycles. The van der Waals surface area contributed by atoms with Crippen molar-refractivity contribution in [3.8, 4) is 17.2 Å². The van der Waals surface area contributed by atoms with Crippen LogP contribution in [0.1, 0.15) is 10.4 Å². The van der Waals surface area contributed by atoms with Crippen molar-refractivity contribution in [3.05, 3.63) is 54.1 Å². The molecule has 5 nitrogen and oxygen atoms in total. The van der Waals surface area contributed by atoms with Crippen molar-refractivity contribution in [2.24, 2.45) is 0 Å². The van der Waals surface area contributed by atoms with Crippen LogP contribution in [0.2, 0.25) is 0 Å². The van der Waals surface area contributed by atoms with Crippen LogP contribution < -0.4 is 19.5 Å². The van der Waals surface area contributed by atoms with Crippen LogP contribution in [0.5, 0.6) is 17.2 Å².